The van der Waals surface area contributed by atoms with Gasteiger partial charge in [0.25, 0.3) is 5.91 Å². The molecule has 1 aromatic heterocycles. The summed E-state index contributed by atoms with van der Waals surface area (Å²) in [5.41, 5.74) is 2.12. The van der Waals surface area contributed by atoms with Gasteiger partial charge in [0.2, 0.25) is 0 Å². The maximum absolute atomic E-state index is 12.7. The molecule has 138 valence electrons. The first-order valence-electron chi connectivity index (χ1n) is 8.86. The van der Waals surface area contributed by atoms with E-state index in [2.05, 4.69) is 16.0 Å². The molecule has 6 nitrogen and oxygen atoms in total. The Labute approximate surface area is 159 Å². The van der Waals surface area contributed by atoms with E-state index in [1.54, 1.807) is 24.3 Å². The van der Waals surface area contributed by atoms with Gasteiger partial charge in [-0.3, -0.25) is 14.7 Å². The van der Waals surface area contributed by atoms with Crippen molar-refractivity contribution in [1.82, 2.24) is 14.8 Å². The molecule has 1 aliphatic heterocycles. The Balaban J connectivity index is 1.59. The quantitative estimate of drug-likeness (QED) is 0.603. The molecule has 6 heteroatoms. The van der Waals surface area contributed by atoms with E-state index in [-0.39, 0.29) is 11.5 Å². The minimum atomic E-state index is -0.214. The molecule has 1 amide bonds. The molecule has 0 aliphatic carbocycles. The van der Waals surface area contributed by atoms with E-state index in [0.29, 0.717) is 13.1 Å². The Morgan fingerprint density at radius 1 is 1.22 bits per heavy atom. The number of hydrogen-bond acceptors (Lipinski definition) is 5. The Morgan fingerprint density at radius 2 is 1.96 bits per heavy atom. The molecule has 0 bridgehead atoms. The SMILES string of the molecule is COc1ccc(/C=C(\C#N)C(=O)N2CCN(Cc3cccnc3)CC2)cc1. The van der Waals surface area contributed by atoms with Crippen molar-refractivity contribution in [2.45, 2.75) is 6.54 Å². The molecule has 1 saturated heterocycles. The number of benzene rings is 1. The molecule has 1 fully saturated rings. The summed E-state index contributed by atoms with van der Waals surface area (Å²) < 4.78 is 5.13. The van der Waals surface area contributed by atoms with Crippen molar-refractivity contribution in [3.05, 3.63) is 65.5 Å². The monoisotopic (exact) mass is 362 g/mol. The summed E-state index contributed by atoms with van der Waals surface area (Å²) in [6, 6.07) is 13.3. The van der Waals surface area contributed by atoms with E-state index < -0.39 is 0 Å². The lowest BCUT2D eigenvalue weighted by Crippen LogP contribution is -2.48. The molecule has 0 atom stereocenters. The lowest BCUT2D eigenvalue weighted by Gasteiger charge is -2.34. The Bertz CT molecular complexity index is 833. The number of pyridine rings is 1. The third-order valence-electron chi connectivity index (χ3n) is 4.57. The highest BCUT2D eigenvalue weighted by molar-refractivity contribution is 6.01. The first kappa shape index (κ1) is 18.6. The number of piperazine rings is 1. The van der Waals surface area contributed by atoms with Crippen LogP contribution in [0, 0.1) is 11.3 Å². The van der Waals surface area contributed by atoms with Gasteiger partial charge in [-0.25, -0.2) is 0 Å². The van der Waals surface area contributed by atoms with Crippen LogP contribution in [0.4, 0.5) is 0 Å². The summed E-state index contributed by atoms with van der Waals surface area (Å²) in [7, 11) is 1.60. The standard InChI is InChI=1S/C21H22N4O2/c1-27-20-6-4-17(5-7-20)13-19(14-22)21(26)25-11-9-24(10-12-25)16-18-3-2-8-23-15-18/h2-8,13,15H,9-12,16H2,1H3/b19-13+. The molecule has 3 rings (SSSR count). The van der Waals surface area contributed by atoms with E-state index in [1.807, 2.05) is 42.6 Å². The van der Waals surface area contributed by atoms with Crippen LogP contribution in [0.5, 0.6) is 5.75 Å². The third kappa shape index (κ3) is 4.93. The van der Waals surface area contributed by atoms with Crippen molar-refractivity contribution in [2.75, 3.05) is 33.3 Å². The van der Waals surface area contributed by atoms with Crippen LogP contribution < -0.4 is 4.74 Å². The van der Waals surface area contributed by atoms with Gasteiger partial charge in [-0.1, -0.05) is 18.2 Å². The molecular formula is C21H22N4O2. The predicted molar refractivity (Wildman–Crippen MR) is 103 cm³/mol. The van der Waals surface area contributed by atoms with Gasteiger partial charge in [0.1, 0.15) is 17.4 Å². The van der Waals surface area contributed by atoms with Crippen molar-refractivity contribution in [3.8, 4) is 11.8 Å². The summed E-state index contributed by atoms with van der Waals surface area (Å²) in [6.45, 7) is 3.61. The fraction of sp³-hybridized carbons (Fsp3) is 0.286. The number of amides is 1. The molecule has 0 unspecified atom stereocenters. The van der Waals surface area contributed by atoms with Gasteiger partial charge in [0.15, 0.2) is 0 Å². The molecular weight excluding hydrogens is 340 g/mol. The van der Waals surface area contributed by atoms with Crippen LogP contribution in [0.1, 0.15) is 11.1 Å². The van der Waals surface area contributed by atoms with Gasteiger partial charge < -0.3 is 9.64 Å². The number of nitrogens with zero attached hydrogens (tertiary/aromatic N) is 4. The zero-order chi connectivity index (χ0) is 19.1. The van der Waals surface area contributed by atoms with Crippen molar-refractivity contribution in [2.24, 2.45) is 0 Å². The molecule has 0 spiro atoms. The zero-order valence-corrected chi connectivity index (χ0v) is 15.3. The van der Waals surface area contributed by atoms with Gasteiger partial charge in [-0.05, 0) is 35.4 Å². The Hall–Kier alpha value is -3.17. The van der Waals surface area contributed by atoms with E-state index in [4.69, 9.17) is 4.74 Å². The van der Waals surface area contributed by atoms with Crippen LogP contribution in [0.3, 0.4) is 0 Å². The fourth-order valence-corrected chi connectivity index (χ4v) is 3.04. The number of nitriles is 1. The predicted octanol–water partition coefficient (Wildman–Crippen LogP) is 2.34. The number of aromatic nitrogens is 1. The molecule has 1 aromatic carbocycles. The number of ether oxygens (including phenoxy) is 1. The van der Waals surface area contributed by atoms with Crippen LogP contribution >= 0.6 is 0 Å². The molecule has 2 heterocycles. The average Bonchev–Trinajstić information content (AvgIpc) is 2.73. The largest absolute Gasteiger partial charge is 0.497 e. The number of carbonyl (C=O) groups is 1. The van der Waals surface area contributed by atoms with Gasteiger partial charge in [-0.15, -0.1) is 0 Å². The maximum Gasteiger partial charge on any atom is 0.264 e. The lowest BCUT2D eigenvalue weighted by molar-refractivity contribution is -0.128. The highest BCUT2D eigenvalue weighted by atomic mass is 16.5. The highest BCUT2D eigenvalue weighted by Gasteiger charge is 2.23. The summed E-state index contributed by atoms with van der Waals surface area (Å²) >= 11 is 0. The van der Waals surface area contributed by atoms with E-state index in [9.17, 15) is 10.1 Å². The van der Waals surface area contributed by atoms with Crippen molar-refractivity contribution < 1.29 is 9.53 Å². The second-order valence-electron chi connectivity index (χ2n) is 6.37. The summed E-state index contributed by atoms with van der Waals surface area (Å²) in [5, 5.41) is 9.43. The topological polar surface area (TPSA) is 69.5 Å². The van der Waals surface area contributed by atoms with Crippen molar-refractivity contribution in [1.29, 1.82) is 5.26 Å². The molecule has 0 saturated carbocycles. The first-order chi connectivity index (χ1) is 13.2. The number of rotatable bonds is 5. The first-order valence-corrected chi connectivity index (χ1v) is 8.86. The van der Waals surface area contributed by atoms with Crippen LogP contribution in [0.2, 0.25) is 0 Å². The van der Waals surface area contributed by atoms with E-state index in [0.717, 1.165) is 36.5 Å². The summed E-state index contributed by atoms with van der Waals surface area (Å²) in [5.74, 6) is 0.524. The lowest BCUT2D eigenvalue weighted by atomic mass is 10.1. The minimum Gasteiger partial charge on any atom is -0.497 e. The van der Waals surface area contributed by atoms with Crippen LogP contribution in [-0.2, 0) is 11.3 Å². The Kier molecular flexibility index (Phi) is 6.18. The van der Waals surface area contributed by atoms with Crippen molar-refractivity contribution in [3.63, 3.8) is 0 Å². The third-order valence-corrected chi connectivity index (χ3v) is 4.57. The molecule has 27 heavy (non-hydrogen) atoms. The second kappa shape index (κ2) is 8.97. The molecule has 0 N–H and O–H groups in total. The zero-order valence-electron chi connectivity index (χ0n) is 15.3. The van der Waals surface area contributed by atoms with Gasteiger partial charge >= 0.3 is 0 Å². The second-order valence-corrected chi connectivity index (χ2v) is 6.37. The van der Waals surface area contributed by atoms with E-state index >= 15 is 0 Å². The van der Waals surface area contributed by atoms with E-state index in [1.165, 1.54) is 0 Å². The van der Waals surface area contributed by atoms with Crippen LogP contribution in [0.15, 0.2) is 54.4 Å². The average molecular weight is 362 g/mol. The smallest absolute Gasteiger partial charge is 0.264 e. The van der Waals surface area contributed by atoms with Crippen molar-refractivity contribution >= 4 is 12.0 Å². The number of methoxy groups -OCH3 is 1. The summed E-state index contributed by atoms with van der Waals surface area (Å²) in [6.07, 6.45) is 5.26. The number of carbonyl (C=O) groups excluding carboxylic acids is 1. The van der Waals surface area contributed by atoms with Gasteiger partial charge in [-0.2, -0.15) is 5.26 Å². The van der Waals surface area contributed by atoms with Gasteiger partial charge in [0.05, 0.1) is 7.11 Å². The molecule has 1 aliphatic rings. The minimum absolute atomic E-state index is 0.154. The summed E-state index contributed by atoms with van der Waals surface area (Å²) in [4.78, 5) is 20.9. The maximum atomic E-state index is 12.7. The molecule has 0 radical (unpaired) electrons. The van der Waals surface area contributed by atoms with Crippen LogP contribution in [-0.4, -0.2) is 54.0 Å². The van der Waals surface area contributed by atoms with Gasteiger partial charge in [0, 0.05) is 45.1 Å². The fourth-order valence-electron chi connectivity index (χ4n) is 3.04. The Morgan fingerprint density at radius 3 is 2.56 bits per heavy atom. The van der Waals surface area contributed by atoms with Crippen LogP contribution in [0.25, 0.3) is 6.08 Å². The normalized spacial score (nSPS) is 15.3. The molecule has 2 aromatic rings. The number of hydrogen-bond donors (Lipinski definition) is 0. The highest BCUT2D eigenvalue weighted by Crippen LogP contribution is 2.16.